The first-order valence-corrected chi connectivity index (χ1v) is 5.42. The predicted octanol–water partition coefficient (Wildman–Crippen LogP) is 1.99. The van der Waals surface area contributed by atoms with Crippen LogP contribution in [0.25, 0.3) is 0 Å². The summed E-state index contributed by atoms with van der Waals surface area (Å²) < 4.78 is 38.9. The Morgan fingerprint density at radius 2 is 1.94 bits per heavy atom. The fraction of sp³-hybridized carbons (Fsp3) is 0.417. The minimum atomic E-state index is -1.69. The van der Waals surface area contributed by atoms with Crippen molar-refractivity contribution >= 4 is 5.91 Å². The summed E-state index contributed by atoms with van der Waals surface area (Å²) in [5.41, 5.74) is -1.73. The van der Waals surface area contributed by atoms with Gasteiger partial charge in [-0.3, -0.25) is 4.79 Å². The predicted molar refractivity (Wildman–Crippen MR) is 59.6 cm³/mol. The van der Waals surface area contributed by atoms with Crippen molar-refractivity contribution in [3.05, 3.63) is 35.1 Å². The van der Waals surface area contributed by atoms with Gasteiger partial charge in [0.15, 0.2) is 17.5 Å². The summed E-state index contributed by atoms with van der Waals surface area (Å²) in [5.74, 6) is -5.49. The molecule has 18 heavy (non-hydrogen) atoms. The third-order valence-electron chi connectivity index (χ3n) is 2.67. The van der Waals surface area contributed by atoms with E-state index in [1.807, 2.05) is 0 Å². The van der Waals surface area contributed by atoms with Crippen molar-refractivity contribution in [2.24, 2.45) is 0 Å². The Morgan fingerprint density at radius 3 is 2.50 bits per heavy atom. The molecule has 0 aliphatic rings. The molecule has 1 rings (SSSR count). The van der Waals surface area contributed by atoms with Crippen LogP contribution in [-0.4, -0.2) is 23.2 Å². The molecule has 1 atom stereocenters. The number of hydrogen-bond acceptors (Lipinski definition) is 2. The normalized spacial score (nSPS) is 14.1. The molecule has 0 radical (unpaired) electrons. The van der Waals surface area contributed by atoms with Gasteiger partial charge in [-0.1, -0.05) is 6.92 Å². The van der Waals surface area contributed by atoms with Crippen LogP contribution in [0.4, 0.5) is 13.2 Å². The van der Waals surface area contributed by atoms with E-state index in [1.54, 1.807) is 6.92 Å². The van der Waals surface area contributed by atoms with Gasteiger partial charge in [-0.05, 0) is 25.5 Å². The van der Waals surface area contributed by atoms with E-state index in [-0.39, 0.29) is 6.54 Å². The molecule has 0 saturated carbocycles. The van der Waals surface area contributed by atoms with Crippen LogP contribution in [0.3, 0.4) is 0 Å². The van der Waals surface area contributed by atoms with Crippen molar-refractivity contribution in [1.29, 1.82) is 0 Å². The lowest BCUT2D eigenvalue weighted by Gasteiger charge is -2.21. The van der Waals surface area contributed by atoms with E-state index in [4.69, 9.17) is 0 Å². The van der Waals surface area contributed by atoms with E-state index < -0.39 is 34.5 Å². The third-order valence-corrected chi connectivity index (χ3v) is 2.67. The lowest BCUT2D eigenvalue weighted by molar-refractivity contribution is 0.0517. The van der Waals surface area contributed by atoms with E-state index in [2.05, 4.69) is 5.32 Å². The SMILES string of the molecule is CCC(C)(O)CNC(=O)c1ccc(F)c(F)c1F. The monoisotopic (exact) mass is 261 g/mol. The topological polar surface area (TPSA) is 49.3 Å². The number of aliphatic hydroxyl groups is 1. The maximum absolute atomic E-state index is 13.3. The summed E-state index contributed by atoms with van der Waals surface area (Å²) in [7, 11) is 0. The van der Waals surface area contributed by atoms with Gasteiger partial charge in [0.2, 0.25) is 0 Å². The molecule has 3 nitrogen and oxygen atoms in total. The summed E-state index contributed by atoms with van der Waals surface area (Å²) in [6.07, 6.45) is 0.382. The number of amides is 1. The Bertz CT molecular complexity index is 461. The van der Waals surface area contributed by atoms with E-state index in [0.29, 0.717) is 12.5 Å². The van der Waals surface area contributed by atoms with Crippen molar-refractivity contribution in [3.8, 4) is 0 Å². The lowest BCUT2D eigenvalue weighted by atomic mass is 10.0. The molecule has 6 heteroatoms. The van der Waals surface area contributed by atoms with Gasteiger partial charge in [0, 0.05) is 6.54 Å². The Hall–Kier alpha value is -1.56. The molecule has 0 spiro atoms. The molecule has 0 fully saturated rings. The molecule has 1 unspecified atom stereocenters. The number of halogens is 3. The second-order valence-electron chi connectivity index (χ2n) is 4.26. The highest BCUT2D eigenvalue weighted by Crippen LogP contribution is 2.15. The second kappa shape index (κ2) is 5.39. The first-order valence-electron chi connectivity index (χ1n) is 5.42. The molecule has 1 aromatic rings. The molecule has 100 valence electrons. The quantitative estimate of drug-likeness (QED) is 0.814. The summed E-state index contributed by atoms with van der Waals surface area (Å²) in [4.78, 5) is 11.5. The first kappa shape index (κ1) is 14.5. The summed E-state index contributed by atoms with van der Waals surface area (Å²) in [6, 6.07) is 1.52. The highest BCUT2D eigenvalue weighted by atomic mass is 19.2. The minimum Gasteiger partial charge on any atom is -0.388 e. The highest BCUT2D eigenvalue weighted by molar-refractivity contribution is 5.94. The van der Waals surface area contributed by atoms with Crippen molar-refractivity contribution in [1.82, 2.24) is 5.32 Å². The average molecular weight is 261 g/mol. The van der Waals surface area contributed by atoms with Crippen molar-refractivity contribution in [3.63, 3.8) is 0 Å². The average Bonchev–Trinajstić information content (AvgIpc) is 2.33. The minimum absolute atomic E-state index is 0.110. The number of nitrogens with one attached hydrogen (secondary N) is 1. The Labute approximate surface area is 103 Å². The Morgan fingerprint density at radius 1 is 1.33 bits per heavy atom. The van der Waals surface area contributed by atoms with Crippen molar-refractivity contribution in [2.45, 2.75) is 25.9 Å². The van der Waals surface area contributed by atoms with Crippen LogP contribution in [0.5, 0.6) is 0 Å². The zero-order chi connectivity index (χ0) is 13.9. The van der Waals surface area contributed by atoms with Crippen LogP contribution < -0.4 is 5.32 Å². The third kappa shape index (κ3) is 3.22. The number of carbonyl (C=O) groups is 1. The van der Waals surface area contributed by atoms with Gasteiger partial charge < -0.3 is 10.4 Å². The molecule has 2 N–H and O–H groups in total. The lowest BCUT2D eigenvalue weighted by Crippen LogP contribution is -2.40. The van der Waals surface area contributed by atoms with Gasteiger partial charge >= 0.3 is 0 Å². The molecule has 0 saturated heterocycles. The van der Waals surface area contributed by atoms with Crippen molar-refractivity contribution < 1.29 is 23.1 Å². The van der Waals surface area contributed by atoms with Crippen LogP contribution in [0.2, 0.25) is 0 Å². The van der Waals surface area contributed by atoms with E-state index in [1.165, 1.54) is 6.92 Å². The molecule has 1 aromatic carbocycles. The molecular formula is C12H14F3NO2. The number of hydrogen-bond donors (Lipinski definition) is 2. The van der Waals surface area contributed by atoms with Crippen LogP contribution in [0.15, 0.2) is 12.1 Å². The molecule has 0 aromatic heterocycles. The Kier molecular flexibility index (Phi) is 4.34. The summed E-state index contributed by atoms with van der Waals surface area (Å²) >= 11 is 0. The molecule has 1 amide bonds. The highest BCUT2D eigenvalue weighted by Gasteiger charge is 2.22. The fourth-order valence-electron chi connectivity index (χ4n) is 1.19. The number of carbonyl (C=O) groups excluding carboxylic acids is 1. The zero-order valence-corrected chi connectivity index (χ0v) is 10.1. The van der Waals surface area contributed by atoms with E-state index >= 15 is 0 Å². The van der Waals surface area contributed by atoms with Gasteiger partial charge in [-0.15, -0.1) is 0 Å². The summed E-state index contributed by atoms with van der Waals surface area (Å²) in [5, 5.41) is 11.9. The molecule has 0 aliphatic heterocycles. The zero-order valence-electron chi connectivity index (χ0n) is 10.1. The van der Waals surface area contributed by atoms with E-state index in [9.17, 15) is 23.1 Å². The molecular weight excluding hydrogens is 247 g/mol. The van der Waals surface area contributed by atoms with Crippen molar-refractivity contribution in [2.75, 3.05) is 6.54 Å². The van der Waals surface area contributed by atoms with Gasteiger partial charge in [0.25, 0.3) is 5.91 Å². The van der Waals surface area contributed by atoms with Crippen LogP contribution in [0.1, 0.15) is 30.6 Å². The van der Waals surface area contributed by atoms with Gasteiger partial charge in [-0.25, -0.2) is 13.2 Å². The second-order valence-corrected chi connectivity index (χ2v) is 4.26. The smallest absolute Gasteiger partial charge is 0.254 e. The first-order chi connectivity index (χ1) is 8.28. The summed E-state index contributed by atoms with van der Waals surface area (Å²) in [6.45, 7) is 3.10. The van der Waals surface area contributed by atoms with E-state index in [0.717, 1.165) is 6.07 Å². The van der Waals surface area contributed by atoms with Crippen LogP contribution in [0, 0.1) is 17.5 Å². The van der Waals surface area contributed by atoms with Crippen LogP contribution in [-0.2, 0) is 0 Å². The standard InChI is InChI=1S/C12H14F3NO2/c1-3-12(2,18)6-16-11(17)7-4-5-8(13)10(15)9(7)14/h4-5,18H,3,6H2,1-2H3,(H,16,17). The van der Waals surface area contributed by atoms with Gasteiger partial charge in [0.1, 0.15) is 0 Å². The van der Waals surface area contributed by atoms with Crippen LogP contribution >= 0.6 is 0 Å². The number of benzene rings is 1. The van der Waals surface area contributed by atoms with Gasteiger partial charge in [0.05, 0.1) is 11.2 Å². The van der Waals surface area contributed by atoms with Gasteiger partial charge in [-0.2, -0.15) is 0 Å². The molecule has 0 aliphatic carbocycles. The molecule has 0 heterocycles. The Balaban J connectivity index is 2.83. The fourth-order valence-corrected chi connectivity index (χ4v) is 1.19. The molecule has 0 bridgehead atoms. The maximum atomic E-state index is 13.3. The number of rotatable bonds is 4. The largest absolute Gasteiger partial charge is 0.388 e. The maximum Gasteiger partial charge on any atom is 0.254 e.